The minimum absolute atomic E-state index is 0.132. The molecule has 0 atom stereocenters. The molecule has 0 aliphatic rings. The summed E-state index contributed by atoms with van der Waals surface area (Å²) in [5.74, 6) is -0.446. The fraction of sp³-hybridized carbons (Fsp3) is 0.111. The monoisotopic (exact) mass is 361 g/mol. The van der Waals surface area contributed by atoms with Crippen molar-refractivity contribution in [2.24, 2.45) is 0 Å². The molecule has 1 N–H and O–H groups in total. The molecular formula is C18H13Cl2NO3. The Labute approximate surface area is 148 Å². The molecule has 0 spiro atoms. The van der Waals surface area contributed by atoms with Gasteiger partial charge in [-0.25, -0.2) is 9.78 Å². The molecule has 6 heteroatoms. The van der Waals surface area contributed by atoms with Crippen molar-refractivity contribution < 1.29 is 14.6 Å². The third kappa shape index (κ3) is 3.16. The summed E-state index contributed by atoms with van der Waals surface area (Å²) in [6.07, 6.45) is 0. The second kappa shape index (κ2) is 6.67. The van der Waals surface area contributed by atoms with Crippen molar-refractivity contribution in [3.05, 3.63) is 58.1 Å². The second-order valence-corrected chi connectivity index (χ2v) is 5.94. The number of fused-ring (bicyclic) bond motifs is 1. The van der Waals surface area contributed by atoms with Crippen molar-refractivity contribution in [3.8, 4) is 17.0 Å². The molecule has 1 aromatic heterocycles. The van der Waals surface area contributed by atoms with Crippen molar-refractivity contribution in [1.29, 1.82) is 0 Å². The van der Waals surface area contributed by atoms with Crippen molar-refractivity contribution >= 4 is 40.1 Å². The molecule has 4 nitrogen and oxygen atoms in total. The van der Waals surface area contributed by atoms with E-state index in [1.807, 2.05) is 6.92 Å². The first-order valence-corrected chi connectivity index (χ1v) is 8.01. The molecule has 0 fully saturated rings. The minimum atomic E-state index is -1.05. The topological polar surface area (TPSA) is 59.4 Å². The molecule has 0 bridgehead atoms. The Kier molecular flexibility index (Phi) is 4.60. The van der Waals surface area contributed by atoms with Crippen LogP contribution in [0.1, 0.15) is 17.3 Å². The van der Waals surface area contributed by atoms with E-state index in [1.54, 1.807) is 36.4 Å². The molecule has 122 valence electrons. The quantitative estimate of drug-likeness (QED) is 0.684. The average Bonchev–Trinajstić information content (AvgIpc) is 2.56. The highest BCUT2D eigenvalue weighted by molar-refractivity contribution is 6.35. The first kappa shape index (κ1) is 16.6. The Morgan fingerprint density at radius 2 is 1.96 bits per heavy atom. The number of benzene rings is 2. The molecule has 3 aromatic rings. The van der Waals surface area contributed by atoms with Crippen molar-refractivity contribution in [2.45, 2.75) is 6.92 Å². The predicted molar refractivity (Wildman–Crippen MR) is 95.3 cm³/mol. The Morgan fingerprint density at radius 1 is 1.17 bits per heavy atom. The molecule has 1 heterocycles. The fourth-order valence-corrected chi connectivity index (χ4v) is 2.86. The number of hydrogen-bond donors (Lipinski definition) is 1. The van der Waals surface area contributed by atoms with E-state index in [9.17, 15) is 9.90 Å². The summed E-state index contributed by atoms with van der Waals surface area (Å²) in [5.41, 5.74) is 1.72. The first-order chi connectivity index (χ1) is 11.5. The number of rotatable bonds is 4. The lowest BCUT2D eigenvalue weighted by molar-refractivity contribution is 0.0699. The highest BCUT2D eigenvalue weighted by Gasteiger charge is 2.15. The van der Waals surface area contributed by atoms with Crippen molar-refractivity contribution in [2.75, 3.05) is 6.61 Å². The van der Waals surface area contributed by atoms with E-state index in [-0.39, 0.29) is 5.56 Å². The van der Waals surface area contributed by atoms with Gasteiger partial charge >= 0.3 is 5.97 Å². The van der Waals surface area contributed by atoms with E-state index < -0.39 is 5.97 Å². The van der Waals surface area contributed by atoms with Crippen LogP contribution in [0.25, 0.3) is 22.2 Å². The number of pyridine rings is 1. The van der Waals surface area contributed by atoms with E-state index in [0.29, 0.717) is 44.6 Å². The Morgan fingerprint density at radius 3 is 2.67 bits per heavy atom. The number of carboxylic acid groups (broad SMARTS) is 1. The van der Waals surface area contributed by atoms with Crippen LogP contribution in [0, 0.1) is 0 Å². The number of hydrogen-bond acceptors (Lipinski definition) is 3. The zero-order valence-electron chi connectivity index (χ0n) is 12.7. The van der Waals surface area contributed by atoms with E-state index in [4.69, 9.17) is 27.9 Å². The zero-order valence-corrected chi connectivity index (χ0v) is 14.2. The number of ether oxygens (including phenoxy) is 1. The Bertz CT molecular complexity index is 941. The smallest absolute Gasteiger partial charge is 0.336 e. The number of nitrogens with zero attached hydrogens (tertiary/aromatic N) is 1. The average molecular weight is 362 g/mol. The summed E-state index contributed by atoms with van der Waals surface area (Å²) in [6, 6.07) is 11.7. The number of carboxylic acids is 1. The summed E-state index contributed by atoms with van der Waals surface area (Å²) in [4.78, 5) is 16.2. The van der Waals surface area contributed by atoms with Crippen LogP contribution in [-0.4, -0.2) is 22.7 Å². The number of aromatic nitrogens is 1. The van der Waals surface area contributed by atoms with Crippen LogP contribution in [0.2, 0.25) is 10.0 Å². The van der Waals surface area contributed by atoms with Crippen LogP contribution in [-0.2, 0) is 0 Å². The van der Waals surface area contributed by atoms with E-state index in [0.717, 1.165) is 0 Å². The van der Waals surface area contributed by atoms with Gasteiger partial charge in [0.05, 0.1) is 28.4 Å². The van der Waals surface area contributed by atoms with Crippen LogP contribution < -0.4 is 4.74 Å². The van der Waals surface area contributed by atoms with Crippen LogP contribution in [0.4, 0.5) is 0 Å². The van der Waals surface area contributed by atoms with E-state index >= 15 is 0 Å². The van der Waals surface area contributed by atoms with E-state index in [1.165, 1.54) is 6.07 Å². The lowest BCUT2D eigenvalue weighted by Gasteiger charge is -2.10. The van der Waals surface area contributed by atoms with Gasteiger partial charge in [-0.3, -0.25) is 0 Å². The normalized spacial score (nSPS) is 10.8. The minimum Gasteiger partial charge on any atom is -0.494 e. The van der Waals surface area contributed by atoms with Crippen LogP contribution in [0.3, 0.4) is 0 Å². The van der Waals surface area contributed by atoms with Gasteiger partial charge in [-0.1, -0.05) is 23.2 Å². The first-order valence-electron chi connectivity index (χ1n) is 7.26. The maximum Gasteiger partial charge on any atom is 0.336 e. The summed E-state index contributed by atoms with van der Waals surface area (Å²) >= 11 is 12.2. The molecule has 0 unspecified atom stereocenters. The molecule has 0 saturated heterocycles. The maximum atomic E-state index is 11.7. The lowest BCUT2D eigenvalue weighted by atomic mass is 10.0. The van der Waals surface area contributed by atoms with Gasteiger partial charge in [0, 0.05) is 16.0 Å². The number of halogens is 2. The zero-order chi connectivity index (χ0) is 17.3. The molecule has 0 amide bonds. The highest BCUT2D eigenvalue weighted by atomic mass is 35.5. The van der Waals surface area contributed by atoms with Gasteiger partial charge in [-0.15, -0.1) is 0 Å². The fourth-order valence-electron chi connectivity index (χ4n) is 2.47. The molecule has 0 aliphatic carbocycles. The third-order valence-electron chi connectivity index (χ3n) is 3.53. The molecular weight excluding hydrogens is 349 g/mol. The highest BCUT2D eigenvalue weighted by Crippen LogP contribution is 2.33. The molecule has 24 heavy (non-hydrogen) atoms. The lowest BCUT2D eigenvalue weighted by Crippen LogP contribution is -2.01. The van der Waals surface area contributed by atoms with Gasteiger partial charge in [0.15, 0.2) is 0 Å². The summed E-state index contributed by atoms with van der Waals surface area (Å²) < 4.78 is 5.44. The Balaban J connectivity index is 2.26. The van der Waals surface area contributed by atoms with Gasteiger partial charge in [0.1, 0.15) is 5.75 Å². The number of carbonyl (C=O) groups is 1. The summed E-state index contributed by atoms with van der Waals surface area (Å²) in [6.45, 7) is 2.36. The molecule has 2 aromatic carbocycles. The van der Waals surface area contributed by atoms with Crippen molar-refractivity contribution in [3.63, 3.8) is 0 Å². The molecule has 0 radical (unpaired) electrons. The molecule has 0 saturated carbocycles. The molecule has 0 aliphatic heterocycles. The second-order valence-electron chi connectivity index (χ2n) is 5.10. The molecule has 3 rings (SSSR count). The van der Waals surface area contributed by atoms with Gasteiger partial charge in [-0.05, 0) is 49.4 Å². The standard InChI is InChI=1S/C18H13Cl2NO3/c1-2-24-11-4-6-16-12(8-11)13(18(22)23)9-17(21-16)14-7-10(19)3-5-15(14)20/h3-9H,2H2,1H3,(H,22,23). The third-order valence-corrected chi connectivity index (χ3v) is 4.09. The van der Waals surface area contributed by atoms with Gasteiger partial charge in [0.25, 0.3) is 0 Å². The predicted octanol–water partition coefficient (Wildman–Crippen LogP) is 5.31. The summed E-state index contributed by atoms with van der Waals surface area (Å²) in [5, 5.41) is 11.0. The van der Waals surface area contributed by atoms with Gasteiger partial charge in [0.2, 0.25) is 0 Å². The number of aromatic carboxylic acids is 1. The maximum absolute atomic E-state index is 11.7. The largest absolute Gasteiger partial charge is 0.494 e. The SMILES string of the molecule is CCOc1ccc2nc(-c3cc(Cl)ccc3Cl)cc(C(=O)O)c2c1. The van der Waals surface area contributed by atoms with Gasteiger partial charge in [-0.2, -0.15) is 0 Å². The van der Waals surface area contributed by atoms with Crippen LogP contribution >= 0.6 is 23.2 Å². The van der Waals surface area contributed by atoms with E-state index in [2.05, 4.69) is 4.98 Å². The van der Waals surface area contributed by atoms with Gasteiger partial charge < -0.3 is 9.84 Å². The Hall–Kier alpha value is -2.30. The van der Waals surface area contributed by atoms with Crippen molar-refractivity contribution in [1.82, 2.24) is 4.98 Å². The van der Waals surface area contributed by atoms with Crippen LogP contribution in [0.15, 0.2) is 42.5 Å². The van der Waals surface area contributed by atoms with Crippen LogP contribution in [0.5, 0.6) is 5.75 Å². The summed E-state index contributed by atoms with van der Waals surface area (Å²) in [7, 11) is 0.